The number of methoxy groups -OCH3 is 1. The number of ether oxygens (including phenoxy) is 2. The van der Waals surface area contributed by atoms with E-state index in [4.69, 9.17) is 9.72 Å². The summed E-state index contributed by atoms with van der Waals surface area (Å²) in [5.74, 6) is 0.233. The summed E-state index contributed by atoms with van der Waals surface area (Å²) in [6, 6.07) is 17.0. The molecule has 0 saturated carbocycles. The van der Waals surface area contributed by atoms with E-state index < -0.39 is 6.10 Å². The fraction of sp³-hybridized carbons (Fsp3) is 0.360. The molecular formula is C25H29N3O4S. The zero-order chi connectivity index (χ0) is 23.0. The Morgan fingerprint density at radius 1 is 1.06 bits per heavy atom. The maximum atomic E-state index is 11.5. The quantitative estimate of drug-likeness (QED) is 0.485. The van der Waals surface area contributed by atoms with Crippen LogP contribution >= 0.6 is 11.3 Å². The Hall–Kier alpha value is -2.78. The predicted molar refractivity (Wildman–Crippen MR) is 129 cm³/mol. The van der Waals surface area contributed by atoms with Gasteiger partial charge < -0.3 is 14.6 Å². The van der Waals surface area contributed by atoms with Gasteiger partial charge in [-0.25, -0.2) is 9.78 Å². The van der Waals surface area contributed by atoms with Crippen LogP contribution in [0, 0.1) is 0 Å². The lowest BCUT2D eigenvalue weighted by atomic mass is 10.2. The van der Waals surface area contributed by atoms with Crippen LogP contribution in [0.4, 0.5) is 0 Å². The minimum atomic E-state index is -0.580. The zero-order valence-electron chi connectivity index (χ0n) is 18.7. The highest BCUT2D eigenvalue weighted by Crippen LogP contribution is 2.24. The predicted octanol–water partition coefficient (Wildman–Crippen LogP) is 3.15. The molecule has 0 spiro atoms. The topological polar surface area (TPSA) is 75.1 Å². The van der Waals surface area contributed by atoms with Crippen molar-refractivity contribution >= 4 is 17.3 Å². The van der Waals surface area contributed by atoms with E-state index in [2.05, 4.69) is 32.0 Å². The van der Waals surface area contributed by atoms with E-state index in [1.807, 2.05) is 18.2 Å². The van der Waals surface area contributed by atoms with Crippen molar-refractivity contribution in [1.29, 1.82) is 0 Å². The molecule has 0 bridgehead atoms. The third kappa shape index (κ3) is 6.61. The number of carbonyl (C=O) groups excluding carboxylic acids is 1. The normalized spacial score (nSPS) is 15.8. The highest BCUT2D eigenvalue weighted by molar-refractivity contribution is 7.13. The van der Waals surface area contributed by atoms with Crippen LogP contribution in [0.5, 0.6) is 5.75 Å². The number of carbonyl (C=O) groups is 1. The van der Waals surface area contributed by atoms with Crippen molar-refractivity contribution in [2.75, 3.05) is 46.4 Å². The monoisotopic (exact) mass is 467 g/mol. The van der Waals surface area contributed by atoms with Gasteiger partial charge in [-0.15, -0.1) is 11.3 Å². The number of hydrogen-bond donors (Lipinski definition) is 1. The average Bonchev–Trinajstić information content (AvgIpc) is 3.33. The molecule has 8 heteroatoms. The molecule has 1 N–H and O–H groups in total. The Morgan fingerprint density at radius 2 is 1.76 bits per heavy atom. The summed E-state index contributed by atoms with van der Waals surface area (Å²) in [6.07, 6.45) is -0.580. The van der Waals surface area contributed by atoms with Crippen molar-refractivity contribution in [2.45, 2.75) is 12.6 Å². The maximum absolute atomic E-state index is 11.5. The zero-order valence-corrected chi connectivity index (χ0v) is 19.5. The SMILES string of the molecule is COC(=O)c1ccc(OC[C@H](O)CN2CCN(Cc3csc(-c4ccccc4)n3)CC2)cc1. The summed E-state index contributed by atoms with van der Waals surface area (Å²) >= 11 is 1.69. The summed E-state index contributed by atoms with van der Waals surface area (Å²) in [7, 11) is 1.35. The van der Waals surface area contributed by atoms with Gasteiger partial charge in [0.05, 0.1) is 18.4 Å². The third-order valence-electron chi connectivity index (χ3n) is 5.61. The van der Waals surface area contributed by atoms with E-state index in [0.717, 1.165) is 49.0 Å². The summed E-state index contributed by atoms with van der Waals surface area (Å²) < 4.78 is 10.4. The summed E-state index contributed by atoms with van der Waals surface area (Å²) in [4.78, 5) is 21.0. The van der Waals surface area contributed by atoms with Crippen molar-refractivity contribution in [3.63, 3.8) is 0 Å². The number of piperazine rings is 1. The number of β-amino-alcohol motifs (C(OH)–C–C–N with tert-alkyl or cyclic N) is 1. The lowest BCUT2D eigenvalue weighted by Crippen LogP contribution is -2.48. The average molecular weight is 468 g/mol. The van der Waals surface area contributed by atoms with Gasteiger partial charge >= 0.3 is 5.97 Å². The van der Waals surface area contributed by atoms with Crippen molar-refractivity contribution in [3.05, 3.63) is 71.2 Å². The maximum Gasteiger partial charge on any atom is 0.337 e. The van der Waals surface area contributed by atoms with Gasteiger partial charge in [0, 0.05) is 50.2 Å². The Balaban J connectivity index is 1.17. The molecule has 3 aromatic rings. The molecule has 2 aromatic carbocycles. The number of thiazole rings is 1. The molecule has 2 heterocycles. The van der Waals surface area contributed by atoms with Crippen LogP contribution in [0.3, 0.4) is 0 Å². The number of benzene rings is 2. The van der Waals surface area contributed by atoms with Crippen molar-refractivity contribution in [1.82, 2.24) is 14.8 Å². The molecule has 1 aliphatic rings. The lowest BCUT2D eigenvalue weighted by molar-refractivity contribution is 0.0444. The second-order valence-corrected chi connectivity index (χ2v) is 8.93. The molecule has 0 unspecified atom stereocenters. The van der Waals surface area contributed by atoms with Gasteiger partial charge in [-0.05, 0) is 24.3 Å². The van der Waals surface area contributed by atoms with Gasteiger partial charge in [0.2, 0.25) is 0 Å². The van der Waals surface area contributed by atoms with E-state index in [1.165, 1.54) is 7.11 Å². The van der Waals surface area contributed by atoms with Gasteiger partial charge in [0.25, 0.3) is 0 Å². The molecule has 174 valence electrons. The second kappa shape index (κ2) is 11.4. The van der Waals surface area contributed by atoms with Gasteiger partial charge in [0.1, 0.15) is 23.5 Å². The van der Waals surface area contributed by atoms with Crippen LogP contribution in [-0.4, -0.2) is 78.4 Å². The molecule has 1 aliphatic heterocycles. The summed E-state index contributed by atoms with van der Waals surface area (Å²) in [5, 5.41) is 13.6. The van der Waals surface area contributed by atoms with Crippen LogP contribution in [0.2, 0.25) is 0 Å². The number of aliphatic hydroxyl groups is 1. The molecule has 7 nitrogen and oxygen atoms in total. The molecule has 1 aromatic heterocycles. The molecule has 0 radical (unpaired) electrons. The van der Waals surface area contributed by atoms with Gasteiger partial charge in [0.15, 0.2) is 0 Å². The fourth-order valence-electron chi connectivity index (χ4n) is 3.80. The van der Waals surface area contributed by atoms with Gasteiger partial charge in [-0.2, -0.15) is 0 Å². The number of aromatic nitrogens is 1. The first-order chi connectivity index (χ1) is 16.1. The smallest absolute Gasteiger partial charge is 0.337 e. The summed E-state index contributed by atoms with van der Waals surface area (Å²) in [6.45, 7) is 5.33. The molecule has 0 aliphatic carbocycles. The first kappa shape index (κ1) is 23.4. The summed E-state index contributed by atoms with van der Waals surface area (Å²) in [5.41, 5.74) is 2.74. The van der Waals surface area contributed by atoms with Gasteiger partial charge in [-0.1, -0.05) is 30.3 Å². The number of esters is 1. The second-order valence-electron chi connectivity index (χ2n) is 8.07. The van der Waals surface area contributed by atoms with Crippen molar-refractivity contribution in [3.8, 4) is 16.3 Å². The minimum absolute atomic E-state index is 0.207. The minimum Gasteiger partial charge on any atom is -0.491 e. The van der Waals surface area contributed by atoms with Crippen molar-refractivity contribution < 1.29 is 19.4 Å². The van der Waals surface area contributed by atoms with E-state index in [9.17, 15) is 9.90 Å². The Kier molecular flexibility index (Phi) is 8.06. The lowest BCUT2D eigenvalue weighted by Gasteiger charge is -2.35. The fourth-order valence-corrected chi connectivity index (χ4v) is 4.62. The Morgan fingerprint density at radius 3 is 2.45 bits per heavy atom. The standard InChI is InChI=1S/C25H29N3O4S/c1-31-25(30)20-7-9-23(10-8-20)32-17-22(29)16-28-13-11-27(12-14-28)15-21-18-33-24(26-21)19-5-3-2-4-6-19/h2-10,18,22,29H,11-17H2,1H3/t22-/m1/s1. The third-order valence-corrected chi connectivity index (χ3v) is 6.55. The van der Waals surface area contributed by atoms with Gasteiger partial charge in [-0.3, -0.25) is 9.80 Å². The van der Waals surface area contributed by atoms with Crippen LogP contribution in [-0.2, 0) is 11.3 Å². The molecular weight excluding hydrogens is 438 g/mol. The molecule has 33 heavy (non-hydrogen) atoms. The first-order valence-corrected chi connectivity index (χ1v) is 11.9. The largest absolute Gasteiger partial charge is 0.491 e. The number of rotatable bonds is 9. The number of hydrogen-bond acceptors (Lipinski definition) is 8. The Bertz CT molecular complexity index is 1020. The Labute approximate surface area is 198 Å². The van der Waals surface area contributed by atoms with E-state index in [0.29, 0.717) is 17.9 Å². The molecule has 4 rings (SSSR count). The highest BCUT2D eigenvalue weighted by Gasteiger charge is 2.20. The molecule has 1 fully saturated rings. The molecule has 1 atom stereocenters. The van der Waals surface area contributed by atoms with Crippen LogP contribution < -0.4 is 4.74 Å². The van der Waals surface area contributed by atoms with E-state index in [1.54, 1.807) is 35.6 Å². The van der Waals surface area contributed by atoms with E-state index in [-0.39, 0.29) is 12.6 Å². The number of nitrogens with zero attached hydrogens (tertiary/aromatic N) is 3. The van der Waals surface area contributed by atoms with Crippen LogP contribution in [0.15, 0.2) is 60.0 Å². The molecule has 1 saturated heterocycles. The molecule has 0 amide bonds. The van der Waals surface area contributed by atoms with E-state index >= 15 is 0 Å². The highest BCUT2D eigenvalue weighted by atomic mass is 32.1. The van der Waals surface area contributed by atoms with Crippen molar-refractivity contribution in [2.24, 2.45) is 0 Å². The van der Waals surface area contributed by atoms with Crippen LogP contribution in [0.25, 0.3) is 10.6 Å². The number of aliphatic hydroxyl groups excluding tert-OH is 1. The van der Waals surface area contributed by atoms with Crippen LogP contribution in [0.1, 0.15) is 16.1 Å². The first-order valence-electron chi connectivity index (χ1n) is 11.0.